The number of carbonyl (C=O) groups is 1. The van der Waals surface area contributed by atoms with Crippen LogP contribution in [0.2, 0.25) is 0 Å². The Hall–Kier alpha value is -1.32. The number of amides is 1. The molecule has 1 aromatic heterocycles. The molecule has 0 aromatic carbocycles. The normalized spacial score (nSPS) is 16.6. The van der Waals surface area contributed by atoms with Gasteiger partial charge in [-0.25, -0.2) is 0 Å². The molecule has 0 N–H and O–H groups in total. The molecule has 1 saturated carbocycles. The van der Waals surface area contributed by atoms with Gasteiger partial charge in [0.1, 0.15) is 0 Å². The fraction of sp³-hybridized carbons (Fsp3) is 0.750. The van der Waals surface area contributed by atoms with Crippen LogP contribution in [0.4, 0.5) is 0 Å². The highest BCUT2D eigenvalue weighted by atomic mass is 16.2. The topological polar surface area (TPSA) is 38.1 Å². The highest BCUT2D eigenvalue weighted by molar-refractivity contribution is 5.77. The summed E-state index contributed by atoms with van der Waals surface area (Å²) >= 11 is 0. The van der Waals surface area contributed by atoms with Gasteiger partial charge in [0.2, 0.25) is 5.91 Å². The van der Waals surface area contributed by atoms with Gasteiger partial charge in [-0.1, -0.05) is 19.3 Å². The van der Waals surface area contributed by atoms with E-state index in [0.717, 1.165) is 12.1 Å². The van der Waals surface area contributed by atoms with E-state index in [9.17, 15) is 4.79 Å². The van der Waals surface area contributed by atoms with Crippen LogP contribution in [0, 0.1) is 0 Å². The summed E-state index contributed by atoms with van der Waals surface area (Å²) in [7, 11) is 1.91. The van der Waals surface area contributed by atoms with Crippen molar-refractivity contribution in [3.8, 4) is 0 Å². The number of hydrogen-bond donors (Lipinski definition) is 0. The van der Waals surface area contributed by atoms with Gasteiger partial charge in [-0.3, -0.25) is 9.48 Å². The number of hydrogen-bond acceptors (Lipinski definition) is 2. The molecule has 4 nitrogen and oxygen atoms in total. The molecule has 2 rings (SSSR count). The Balaban J connectivity index is 1.92. The Kier molecular flexibility index (Phi) is 5.21. The zero-order valence-corrected chi connectivity index (χ0v) is 13.0. The first-order chi connectivity index (χ1) is 9.58. The zero-order valence-electron chi connectivity index (χ0n) is 13.0. The SMILES string of the molecule is CC(C)N(C(=O)CCc1ccn(C)n1)C1CCCCC1. The maximum absolute atomic E-state index is 12.6. The third kappa shape index (κ3) is 3.84. The summed E-state index contributed by atoms with van der Waals surface area (Å²) < 4.78 is 1.79. The lowest BCUT2D eigenvalue weighted by Crippen LogP contribution is -2.45. The minimum atomic E-state index is 0.289. The Labute approximate surface area is 122 Å². The van der Waals surface area contributed by atoms with Crippen LogP contribution in [0.15, 0.2) is 12.3 Å². The Morgan fingerprint density at radius 1 is 1.40 bits per heavy atom. The molecule has 1 heterocycles. The molecular formula is C16H27N3O. The lowest BCUT2D eigenvalue weighted by atomic mass is 9.93. The summed E-state index contributed by atoms with van der Waals surface area (Å²) in [6.45, 7) is 4.26. The van der Waals surface area contributed by atoms with Crippen LogP contribution in [-0.4, -0.2) is 32.7 Å². The van der Waals surface area contributed by atoms with E-state index in [-0.39, 0.29) is 5.91 Å². The lowest BCUT2D eigenvalue weighted by molar-refractivity contribution is -0.136. The van der Waals surface area contributed by atoms with E-state index >= 15 is 0 Å². The predicted octanol–water partition coefficient (Wildman–Crippen LogP) is 2.92. The lowest BCUT2D eigenvalue weighted by Gasteiger charge is -2.37. The Bertz CT molecular complexity index is 433. The molecule has 20 heavy (non-hydrogen) atoms. The molecule has 112 valence electrons. The molecule has 1 aromatic rings. The number of rotatable bonds is 5. The molecule has 0 spiro atoms. The number of nitrogens with zero attached hydrogens (tertiary/aromatic N) is 3. The molecule has 0 unspecified atom stereocenters. The third-order valence-corrected chi connectivity index (χ3v) is 4.18. The van der Waals surface area contributed by atoms with Crippen LogP contribution in [0.3, 0.4) is 0 Å². The molecule has 0 aliphatic heterocycles. The van der Waals surface area contributed by atoms with Crippen molar-refractivity contribution in [1.29, 1.82) is 0 Å². The molecule has 0 atom stereocenters. The summed E-state index contributed by atoms with van der Waals surface area (Å²) in [6.07, 6.45) is 9.46. The van der Waals surface area contributed by atoms with Crippen molar-refractivity contribution in [2.45, 2.75) is 70.9 Å². The van der Waals surface area contributed by atoms with Crippen molar-refractivity contribution in [3.63, 3.8) is 0 Å². The van der Waals surface area contributed by atoms with Gasteiger partial charge in [-0.15, -0.1) is 0 Å². The monoisotopic (exact) mass is 277 g/mol. The Morgan fingerprint density at radius 2 is 2.10 bits per heavy atom. The third-order valence-electron chi connectivity index (χ3n) is 4.18. The fourth-order valence-corrected chi connectivity index (χ4v) is 3.23. The van der Waals surface area contributed by atoms with Crippen molar-refractivity contribution in [2.75, 3.05) is 0 Å². The first-order valence-corrected chi connectivity index (χ1v) is 7.87. The standard InChI is InChI=1S/C16H27N3O/c1-13(2)19(15-7-5-4-6-8-15)16(20)10-9-14-11-12-18(3)17-14/h11-13,15H,4-10H2,1-3H3. The van der Waals surface area contributed by atoms with Gasteiger partial charge < -0.3 is 4.90 Å². The van der Waals surface area contributed by atoms with Gasteiger partial charge in [0.25, 0.3) is 0 Å². The van der Waals surface area contributed by atoms with E-state index < -0.39 is 0 Å². The quantitative estimate of drug-likeness (QED) is 0.830. The van der Waals surface area contributed by atoms with Crippen molar-refractivity contribution in [2.24, 2.45) is 7.05 Å². The van der Waals surface area contributed by atoms with E-state index in [1.165, 1.54) is 32.1 Å². The average molecular weight is 277 g/mol. The number of aromatic nitrogens is 2. The second-order valence-electron chi connectivity index (χ2n) is 6.17. The molecule has 1 aliphatic rings. The van der Waals surface area contributed by atoms with E-state index in [1.807, 2.05) is 19.3 Å². The van der Waals surface area contributed by atoms with Gasteiger partial charge in [0.05, 0.1) is 5.69 Å². The van der Waals surface area contributed by atoms with Crippen LogP contribution in [0.1, 0.15) is 58.1 Å². The van der Waals surface area contributed by atoms with Crippen LogP contribution in [0.5, 0.6) is 0 Å². The second kappa shape index (κ2) is 6.91. The summed E-state index contributed by atoms with van der Waals surface area (Å²) in [6, 6.07) is 2.75. The minimum absolute atomic E-state index is 0.289. The van der Waals surface area contributed by atoms with Crippen molar-refractivity contribution in [3.05, 3.63) is 18.0 Å². The van der Waals surface area contributed by atoms with E-state index in [2.05, 4.69) is 23.8 Å². The molecular weight excluding hydrogens is 250 g/mol. The molecule has 0 bridgehead atoms. The highest BCUT2D eigenvalue weighted by Crippen LogP contribution is 2.25. The Morgan fingerprint density at radius 3 is 2.65 bits per heavy atom. The molecule has 1 aliphatic carbocycles. The molecule has 1 amide bonds. The molecule has 0 saturated heterocycles. The van der Waals surface area contributed by atoms with Crippen molar-refractivity contribution < 1.29 is 4.79 Å². The summed E-state index contributed by atoms with van der Waals surface area (Å²) in [4.78, 5) is 14.7. The largest absolute Gasteiger partial charge is 0.337 e. The van der Waals surface area contributed by atoms with Crippen LogP contribution >= 0.6 is 0 Å². The van der Waals surface area contributed by atoms with Crippen molar-refractivity contribution in [1.82, 2.24) is 14.7 Å². The second-order valence-corrected chi connectivity index (χ2v) is 6.17. The van der Waals surface area contributed by atoms with Crippen LogP contribution in [0.25, 0.3) is 0 Å². The number of aryl methyl sites for hydroxylation is 2. The van der Waals surface area contributed by atoms with E-state index in [0.29, 0.717) is 18.5 Å². The zero-order chi connectivity index (χ0) is 14.5. The van der Waals surface area contributed by atoms with E-state index in [4.69, 9.17) is 0 Å². The predicted molar refractivity (Wildman–Crippen MR) is 80.4 cm³/mol. The van der Waals surface area contributed by atoms with Gasteiger partial charge >= 0.3 is 0 Å². The smallest absolute Gasteiger partial charge is 0.223 e. The summed E-state index contributed by atoms with van der Waals surface area (Å²) in [5, 5.41) is 4.35. The molecule has 4 heteroatoms. The summed E-state index contributed by atoms with van der Waals surface area (Å²) in [5.41, 5.74) is 1.01. The minimum Gasteiger partial charge on any atom is -0.337 e. The van der Waals surface area contributed by atoms with Crippen LogP contribution < -0.4 is 0 Å². The van der Waals surface area contributed by atoms with Crippen LogP contribution in [-0.2, 0) is 18.3 Å². The van der Waals surface area contributed by atoms with E-state index in [1.54, 1.807) is 4.68 Å². The summed E-state index contributed by atoms with van der Waals surface area (Å²) in [5.74, 6) is 0.289. The van der Waals surface area contributed by atoms with Gasteiger partial charge in [-0.05, 0) is 32.8 Å². The number of carbonyl (C=O) groups excluding carboxylic acids is 1. The first-order valence-electron chi connectivity index (χ1n) is 7.87. The fourth-order valence-electron chi connectivity index (χ4n) is 3.23. The maximum Gasteiger partial charge on any atom is 0.223 e. The highest BCUT2D eigenvalue weighted by Gasteiger charge is 2.27. The van der Waals surface area contributed by atoms with Gasteiger partial charge in [-0.2, -0.15) is 5.10 Å². The maximum atomic E-state index is 12.6. The van der Waals surface area contributed by atoms with Crippen molar-refractivity contribution >= 4 is 5.91 Å². The molecule has 1 fully saturated rings. The van der Waals surface area contributed by atoms with Gasteiger partial charge in [0, 0.05) is 38.2 Å². The average Bonchev–Trinajstić information content (AvgIpc) is 2.83. The molecule has 0 radical (unpaired) electrons. The van der Waals surface area contributed by atoms with Gasteiger partial charge in [0.15, 0.2) is 0 Å². The first kappa shape index (κ1) is 15.1.